The minimum absolute atomic E-state index is 0.0706. The number of nitrogens with one attached hydrogen (secondary N) is 1. The standard InChI is InChI=1S/C14H19NO4/c1-3-13(17)11-4-6-12(7-5-11)19-9-14(18)15-8-10(2)16/h4-7,10,16H,3,8-9H2,1-2H3,(H,15,18). The van der Waals surface area contributed by atoms with E-state index in [9.17, 15) is 9.59 Å². The van der Waals surface area contributed by atoms with Gasteiger partial charge < -0.3 is 15.2 Å². The van der Waals surface area contributed by atoms with E-state index >= 15 is 0 Å². The lowest BCUT2D eigenvalue weighted by molar-refractivity contribution is -0.123. The summed E-state index contributed by atoms with van der Waals surface area (Å²) in [4.78, 5) is 22.8. The van der Waals surface area contributed by atoms with Crippen molar-refractivity contribution in [3.8, 4) is 5.75 Å². The lowest BCUT2D eigenvalue weighted by Crippen LogP contribution is -2.34. The Morgan fingerprint density at radius 1 is 1.32 bits per heavy atom. The summed E-state index contributed by atoms with van der Waals surface area (Å²) in [6.07, 6.45) is -0.120. The molecule has 5 heteroatoms. The molecule has 0 aliphatic carbocycles. The maximum absolute atomic E-state index is 11.4. The molecule has 104 valence electrons. The summed E-state index contributed by atoms with van der Waals surface area (Å²) in [5, 5.41) is 11.5. The van der Waals surface area contributed by atoms with Crippen LogP contribution in [-0.4, -0.2) is 36.1 Å². The van der Waals surface area contributed by atoms with Gasteiger partial charge in [0.15, 0.2) is 12.4 Å². The van der Waals surface area contributed by atoms with Crippen LogP contribution in [-0.2, 0) is 4.79 Å². The zero-order valence-corrected chi connectivity index (χ0v) is 11.2. The quantitative estimate of drug-likeness (QED) is 0.725. The summed E-state index contributed by atoms with van der Waals surface area (Å²) in [7, 11) is 0. The van der Waals surface area contributed by atoms with Gasteiger partial charge >= 0.3 is 0 Å². The fourth-order valence-corrected chi connectivity index (χ4v) is 1.40. The zero-order valence-electron chi connectivity index (χ0n) is 11.2. The molecule has 1 aromatic rings. The van der Waals surface area contributed by atoms with Crippen molar-refractivity contribution >= 4 is 11.7 Å². The first-order valence-corrected chi connectivity index (χ1v) is 6.23. The van der Waals surface area contributed by atoms with Gasteiger partial charge in [-0.1, -0.05) is 6.92 Å². The number of benzene rings is 1. The minimum atomic E-state index is -0.580. The Hall–Kier alpha value is -1.88. The third-order valence-electron chi connectivity index (χ3n) is 2.46. The average molecular weight is 265 g/mol. The van der Waals surface area contributed by atoms with Gasteiger partial charge in [-0.05, 0) is 31.2 Å². The smallest absolute Gasteiger partial charge is 0.258 e. The van der Waals surface area contributed by atoms with E-state index in [1.165, 1.54) is 0 Å². The van der Waals surface area contributed by atoms with E-state index in [0.717, 1.165) is 0 Å². The lowest BCUT2D eigenvalue weighted by Gasteiger charge is -2.09. The van der Waals surface area contributed by atoms with Crippen LogP contribution in [0.15, 0.2) is 24.3 Å². The summed E-state index contributed by atoms with van der Waals surface area (Å²) in [6, 6.07) is 6.67. The summed E-state index contributed by atoms with van der Waals surface area (Å²) in [5.74, 6) is 0.302. The zero-order chi connectivity index (χ0) is 14.3. The van der Waals surface area contributed by atoms with E-state index in [1.807, 2.05) is 0 Å². The van der Waals surface area contributed by atoms with E-state index in [-0.39, 0.29) is 24.8 Å². The number of ketones is 1. The Balaban J connectivity index is 2.41. The van der Waals surface area contributed by atoms with E-state index in [2.05, 4.69) is 5.32 Å². The van der Waals surface area contributed by atoms with Crippen LogP contribution in [0.1, 0.15) is 30.6 Å². The second-order valence-corrected chi connectivity index (χ2v) is 4.24. The number of carbonyl (C=O) groups excluding carboxylic acids is 2. The fourth-order valence-electron chi connectivity index (χ4n) is 1.40. The molecule has 0 heterocycles. The molecule has 1 rings (SSSR count). The van der Waals surface area contributed by atoms with Crippen LogP contribution in [0.5, 0.6) is 5.75 Å². The van der Waals surface area contributed by atoms with E-state index in [0.29, 0.717) is 17.7 Å². The Bertz CT molecular complexity index is 426. The fraction of sp³-hybridized carbons (Fsp3) is 0.429. The van der Waals surface area contributed by atoms with Crippen molar-refractivity contribution in [1.29, 1.82) is 0 Å². The number of aliphatic hydroxyl groups excluding tert-OH is 1. The summed E-state index contributed by atoms with van der Waals surface area (Å²) in [6.45, 7) is 3.48. The SMILES string of the molecule is CCC(=O)c1ccc(OCC(=O)NCC(C)O)cc1. The molecule has 0 fully saturated rings. The monoisotopic (exact) mass is 265 g/mol. The molecular weight excluding hydrogens is 246 g/mol. The molecule has 1 amide bonds. The molecule has 0 bridgehead atoms. The van der Waals surface area contributed by atoms with Crippen LogP contribution < -0.4 is 10.1 Å². The maximum Gasteiger partial charge on any atom is 0.258 e. The molecule has 0 aliphatic heterocycles. The van der Waals surface area contributed by atoms with Gasteiger partial charge in [0.1, 0.15) is 5.75 Å². The highest BCUT2D eigenvalue weighted by molar-refractivity contribution is 5.95. The number of rotatable bonds is 7. The highest BCUT2D eigenvalue weighted by Gasteiger charge is 2.05. The van der Waals surface area contributed by atoms with Crippen LogP contribution in [0.3, 0.4) is 0 Å². The molecule has 0 spiro atoms. The van der Waals surface area contributed by atoms with Crippen LogP contribution in [0, 0.1) is 0 Å². The predicted molar refractivity (Wildman–Crippen MR) is 71.2 cm³/mol. The number of carbonyl (C=O) groups is 2. The van der Waals surface area contributed by atoms with Gasteiger partial charge in [-0.25, -0.2) is 0 Å². The van der Waals surface area contributed by atoms with Gasteiger partial charge in [0, 0.05) is 18.5 Å². The largest absolute Gasteiger partial charge is 0.484 e. The first-order valence-electron chi connectivity index (χ1n) is 6.23. The number of amides is 1. The van der Waals surface area contributed by atoms with Crippen molar-refractivity contribution in [2.75, 3.05) is 13.2 Å². The summed E-state index contributed by atoms with van der Waals surface area (Å²) >= 11 is 0. The molecule has 19 heavy (non-hydrogen) atoms. The topological polar surface area (TPSA) is 75.6 Å². The highest BCUT2D eigenvalue weighted by atomic mass is 16.5. The minimum Gasteiger partial charge on any atom is -0.484 e. The highest BCUT2D eigenvalue weighted by Crippen LogP contribution is 2.13. The molecule has 2 N–H and O–H groups in total. The number of Topliss-reactive ketones (excluding diaryl/α,β-unsaturated/α-hetero) is 1. The lowest BCUT2D eigenvalue weighted by atomic mass is 10.1. The van der Waals surface area contributed by atoms with Crippen molar-refractivity contribution in [1.82, 2.24) is 5.32 Å². The van der Waals surface area contributed by atoms with Crippen molar-refractivity contribution < 1.29 is 19.4 Å². The van der Waals surface area contributed by atoms with Crippen LogP contribution in [0.25, 0.3) is 0 Å². The normalized spacial score (nSPS) is 11.7. The number of ether oxygens (including phenoxy) is 1. The molecule has 0 radical (unpaired) electrons. The van der Waals surface area contributed by atoms with E-state index in [1.54, 1.807) is 38.1 Å². The Morgan fingerprint density at radius 2 is 1.95 bits per heavy atom. The van der Waals surface area contributed by atoms with Crippen molar-refractivity contribution in [2.24, 2.45) is 0 Å². The van der Waals surface area contributed by atoms with Crippen molar-refractivity contribution in [2.45, 2.75) is 26.4 Å². The molecule has 5 nitrogen and oxygen atoms in total. The first-order chi connectivity index (χ1) is 9.02. The molecule has 0 saturated heterocycles. The van der Waals surface area contributed by atoms with E-state index in [4.69, 9.17) is 9.84 Å². The molecule has 1 atom stereocenters. The Kier molecular flexibility index (Phi) is 6.02. The van der Waals surface area contributed by atoms with Gasteiger partial charge in [-0.15, -0.1) is 0 Å². The van der Waals surface area contributed by atoms with Gasteiger partial charge in [0.2, 0.25) is 0 Å². The summed E-state index contributed by atoms with van der Waals surface area (Å²) < 4.78 is 5.26. The number of hydrogen-bond acceptors (Lipinski definition) is 4. The summed E-state index contributed by atoms with van der Waals surface area (Å²) in [5.41, 5.74) is 0.633. The molecule has 0 aliphatic rings. The maximum atomic E-state index is 11.4. The third-order valence-corrected chi connectivity index (χ3v) is 2.46. The number of aliphatic hydroxyl groups is 1. The second kappa shape index (κ2) is 7.53. The van der Waals surface area contributed by atoms with Gasteiger partial charge in [-0.2, -0.15) is 0 Å². The van der Waals surface area contributed by atoms with Crippen molar-refractivity contribution in [3.05, 3.63) is 29.8 Å². The van der Waals surface area contributed by atoms with Gasteiger partial charge in [0.05, 0.1) is 6.10 Å². The Morgan fingerprint density at radius 3 is 2.47 bits per heavy atom. The molecule has 1 unspecified atom stereocenters. The Labute approximate surface area is 112 Å². The van der Waals surface area contributed by atoms with Crippen LogP contribution >= 0.6 is 0 Å². The molecule has 1 aromatic carbocycles. The average Bonchev–Trinajstić information content (AvgIpc) is 2.42. The molecule has 0 aromatic heterocycles. The van der Waals surface area contributed by atoms with Crippen LogP contribution in [0.2, 0.25) is 0 Å². The first kappa shape index (κ1) is 15.2. The van der Waals surface area contributed by atoms with Gasteiger partial charge in [0.25, 0.3) is 5.91 Å². The third kappa shape index (κ3) is 5.52. The second-order valence-electron chi connectivity index (χ2n) is 4.24. The van der Waals surface area contributed by atoms with Gasteiger partial charge in [-0.3, -0.25) is 9.59 Å². The van der Waals surface area contributed by atoms with Crippen LogP contribution in [0.4, 0.5) is 0 Å². The molecule has 0 saturated carbocycles. The van der Waals surface area contributed by atoms with E-state index < -0.39 is 6.10 Å². The number of hydrogen-bond donors (Lipinski definition) is 2. The van der Waals surface area contributed by atoms with Crippen molar-refractivity contribution in [3.63, 3.8) is 0 Å². The predicted octanol–water partition coefficient (Wildman–Crippen LogP) is 1.16. The molecular formula is C14H19NO4.